The van der Waals surface area contributed by atoms with Crippen molar-refractivity contribution in [2.45, 2.75) is 20.0 Å². The van der Waals surface area contributed by atoms with E-state index in [1.807, 2.05) is 0 Å². The summed E-state index contributed by atoms with van der Waals surface area (Å²) in [5.74, 6) is -0.418. The van der Waals surface area contributed by atoms with Crippen LogP contribution < -0.4 is 0 Å². The van der Waals surface area contributed by atoms with Gasteiger partial charge in [0.05, 0.1) is 19.4 Å². The summed E-state index contributed by atoms with van der Waals surface area (Å²) in [4.78, 5) is 0. The van der Waals surface area contributed by atoms with Crippen molar-refractivity contribution in [3.05, 3.63) is 34.1 Å². The van der Waals surface area contributed by atoms with Gasteiger partial charge < -0.3 is 9.05 Å². The Morgan fingerprint density at radius 1 is 1.29 bits per heavy atom. The van der Waals surface area contributed by atoms with Crippen molar-refractivity contribution in [1.29, 1.82) is 0 Å². The standard InChI is InChI=1S/C11H15BrFO3P/c1-3-15-17(14,16-4-2)8-9-5-6-10(12)7-11(9)13/h5-7H,3-4,8H2,1-2H3. The molecule has 0 heterocycles. The highest BCUT2D eigenvalue weighted by molar-refractivity contribution is 9.10. The topological polar surface area (TPSA) is 35.5 Å². The van der Waals surface area contributed by atoms with E-state index in [1.54, 1.807) is 26.0 Å². The van der Waals surface area contributed by atoms with Crippen LogP contribution in [0.5, 0.6) is 0 Å². The molecule has 1 aromatic carbocycles. The second kappa shape index (κ2) is 6.64. The van der Waals surface area contributed by atoms with Crippen LogP contribution in [0, 0.1) is 5.82 Å². The quantitative estimate of drug-likeness (QED) is 0.729. The Kier molecular flexibility index (Phi) is 5.80. The van der Waals surface area contributed by atoms with Gasteiger partial charge in [-0.1, -0.05) is 22.0 Å². The highest BCUT2D eigenvalue weighted by atomic mass is 79.9. The third-order valence-electron chi connectivity index (χ3n) is 2.03. The van der Waals surface area contributed by atoms with E-state index >= 15 is 0 Å². The Bertz CT molecular complexity index is 415. The van der Waals surface area contributed by atoms with Crippen molar-refractivity contribution in [2.24, 2.45) is 0 Å². The van der Waals surface area contributed by atoms with E-state index in [9.17, 15) is 8.96 Å². The molecular weight excluding hydrogens is 310 g/mol. The molecule has 3 nitrogen and oxygen atoms in total. The smallest absolute Gasteiger partial charge is 0.309 e. The van der Waals surface area contributed by atoms with Crippen LogP contribution in [0.25, 0.3) is 0 Å². The lowest BCUT2D eigenvalue weighted by Gasteiger charge is -2.17. The van der Waals surface area contributed by atoms with E-state index in [0.717, 1.165) is 0 Å². The molecule has 0 unspecified atom stereocenters. The Hall–Kier alpha value is -0.220. The summed E-state index contributed by atoms with van der Waals surface area (Å²) in [5, 5.41) is 0. The molecule has 17 heavy (non-hydrogen) atoms. The van der Waals surface area contributed by atoms with Crippen molar-refractivity contribution < 1.29 is 18.0 Å². The van der Waals surface area contributed by atoms with Crippen LogP contribution in [0.3, 0.4) is 0 Å². The molecule has 0 saturated heterocycles. The molecule has 0 N–H and O–H groups in total. The van der Waals surface area contributed by atoms with Crippen LogP contribution >= 0.6 is 23.5 Å². The first-order valence-electron chi connectivity index (χ1n) is 5.33. The third-order valence-corrected chi connectivity index (χ3v) is 4.56. The van der Waals surface area contributed by atoms with Crippen molar-refractivity contribution in [2.75, 3.05) is 13.2 Å². The van der Waals surface area contributed by atoms with Crippen LogP contribution in [-0.2, 0) is 19.8 Å². The van der Waals surface area contributed by atoms with Gasteiger partial charge in [0.2, 0.25) is 0 Å². The maximum absolute atomic E-state index is 13.6. The van der Waals surface area contributed by atoms with Crippen LogP contribution in [0.1, 0.15) is 19.4 Å². The normalized spacial score (nSPS) is 11.8. The Morgan fingerprint density at radius 2 is 1.88 bits per heavy atom. The first-order valence-corrected chi connectivity index (χ1v) is 7.85. The monoisotopic (exact) mass is 324 g/mol. The van der Waals surface area contributed by atoms with Gasteiger partial charge in [-0.25, -0.2) is 4.39 Å². The van der Waals surface area contributed by atoms with Crippen molar-refractivity contribution >= 4 is 23.5 Å². The summed E-state index contributed by atoms with van der Waals surface area (Å²) < 4.78 is 36.7. The predicted molar refractivity (Wildman–Crippen MR) is 68.7 cm³/mol. The highest BCUT2D eigenvalue weighted by Crippen LogP contribution is 2.51. The molecule has 0 aliphatic rings. The Morgan fingerprint density at radius 3 is 2.35 bits per heavy atom. The fourth-order valence-electron chi connectivity index (χ4n) is 1.38. The fraction of sp³-hybridized carbons (Fsp3) is 0.455. The van der Waals surface area contributed by atoms with E-state index in [4.69, 9.17) is 9.05 Å². The molecule has 0 aliphatic heterocycles. The van der Waals surface area contributed by atoms with Crippen molar-refractivity contribution in [3.63, 3.8) is 0 Å². The molecule has 0 amide bonds. The number of benzene rings is 1. The summed E-state index contributed by atoms with van der Waals surface area (Å²) in [7, 11) is -3.24. The molecule has 6 heteroatoms. The number of rotatable bonds is 6. The van der Waals surface area contributed by atoms with Gasteiger partial charge in [0.15, 0.2) is 0 Å². The molecule has 96 valence electrons. The zero-order chi connectivity index (χ0) is 12.9. The molecule has 0 fully saturated rings. The first kappa shape index (κ1) is 14.8. The molecule has 0 aliphatic carbocycles. The average Bonchev–Trinajstić information content (AvgIpc) is 2.23. The summed E-state index contributed by atoms with van der Waals surface area (Å²) in [6, 6.07) is 4.60. The first-order chi connectivity index (χ1) is 8.00. The van der Waals surface area contributed by atoms with Gasteiger partial charge in [-0.15, -0.1) is 0 Å². The molecule has 0 saturated carbocycles. The Balaban J connectivity index is 2.89. The summed E-state index contributed by atoms with van der Waals surface area (Å²) in [5.41, 5.74) is 0.332. The Labute approximate surface area is 109 Å². The van der Waals surface area contributed by atoms with Gasteiger partial charge in [0, 0.05) is 4.47 Å². The molecule has 0 aromatic heterocycles. The minimum atomic E-state index is -3.24. The maximum Gasteiger partial charge on any atom is 0.335 e. The zero-order valence-electron chi connectivity index (χ0n) is 9.78. The van der Waals surface area contributed by atoms with Gasteiger partial charge >= 0.3 is 7.60 Å². The van der Waals surface area contributed by atoms with Crippen LogP contribution in [0.2, 0.25) is 0 Å². The fourth-order valence-corrected chi connectivity index (χ4v) is 3.43. The van der Waals surface area contributed by atoms with Crippen LogP contribution in [0.15, 0.2) is 22.7 Å². The molecule has 0 radical (unpaired) electrons. The van der Waals surface area contributed by atoms with E-state index in [0.29, 0.717) is 10.0 Å². The summed E-state index contributed by atoms with van der Waals surface area (Å²) >= 11 is 3.17. The van der Waals surface area contributed by atoms with Gasteiger partial charge in [0.25, 0.3) is 0 Å². The second-order valence-corrected chi connectivity index (χ2v) is 6.31. The lowest BCUT2D eigenvalue weighted by molar-refractivity contribution is 0.219. The van der Waals surface area contributed by atoms with Crippen molar-refractivity contribution in [1.82, 2.24) is 0 Å². The van der Waals surface area contributed by atoms with Gasteiger partial charge in [-0.2, -0.15) is 0 Å². The highest BCUT2D eigenvalue weighted by Gasteiger charge is 2.25. The zero-order valence-corrected chi connectivity index (χ0v) is 12.3. The van der Waals surface area contributed by atoms with E-state index < -0.39 is 13.4 Å². The van der Waals surface area contributed by atoms with E-state index in [1.165, 1.54) is 6.07 Å². The molecular formula is C11H15BrFO3P. The number of hydrogen-bond acceptors (Lipinski definition) is 3. The van der Waals surface area contributed by atoms with E-state index in [-0.39, 0.29) is 19.4 Å². The third kappa shape index (κ3) is 4.51. The van der Waals surface area contributed by atoms with E-state index in [2.05, 4.69) is 15.9 Å². The largest absolute Gasteiger partial charge is 0.335 e. The maximum atomic E-state index is 13.6. The van der Waals surface area contributed by atoms with Crippen LogP contribution in [-0.4, -0.2) is 13.2 Å². The lowest BCUT2D eigenvalue weighted by atomic mass is 10.2. The second-order valence-electron chi connectivity index (χ2n) is 3.34. The van der Waals surface area contributed by atoms with Gasteiger partial charge in [-0.3, -0.25) is 4.57 Å². The molecule has 1 aromatic rings. The lowest BCUT2D eigenvalue weighted by Crippen LogP contribution is -2.00. The summed E-state index contributed by atoms with van der Waals surface area (Å²) in [6.45, 7) is 4.00. The molecule has 0 spiro atoms. The molecule has 1 rings (SSSR count). The SMILES string of the molecule is CCOP(=O)(Cc1ccc(Br)cc1F)OCC. The number of hydrogen-bond donors (Lipinski definition) is 0. The van der Waals surface area contributed by atoms with Crippen molar-refractivity contribution in [3.8, 4) is 0 Å². The predicted octanol–water partition coefficient (Wildman–Crippen LogP) is 4.35. The van der Waals surface area contributed by atoms with Crippen LogP contribution in [0.4, 0.5) is 4.39 Å². The number of halogens is 2. The molecule has 0 atom stereocenters. The minimum absolute atomic E-state index is 0.0478. The summed E-state index contributed by atoms with van der Waals surface area (Å²) in [6.07, 6.45) is -0.0478. The average molecular weight is 325 g/mol. The minimum Gasteiger partial charge on any atom is -0.309 e. The molecule has 0 bridgehead atoms. The van der Waals surface area contributed by atoms with Gasteiger partial charge in [0.1, 0.15) is 5.82 Å². The van der Waals surface area contributed by atoms with Gasteiger partial charge in [-0.05, 0) is 31.5 Å².